The van der Waals surface area contributed by atoms with Gasteiger partial charge < -0.3 is 16.0 Å². The molecular weight excluding hydrogens is 254 g/mol. The molecule has 5 heteroatoms. The third-order valence-electron chi connectivity index (χ3n) is 3.27. The maximum Gasteiger partial charge on any atom is 0.227 e. The zero-order valence-corrected chi connectivity index (χ0v) is 12.3. The fourth-order valence-electron chi connectivity index (χ4n) is 1.78. The van der Waals surface area contributed by atoms with Gasteiger partial charge in [0.15, 0.2) is 0 Å². The summed E-state index contributed by atoms with van der Waals surface area (Å²) in [5.41, 5.74) is 7.13. The molecule has 0 saturated carbocycles. The van der Waals surface area contributed by atoms with Crippen LogP contribution < -0.4 is 11.1 Å². The van der Waals surface area contributed by atoms with Gasteiger partial charge >= 0.3 is 0 Å². The van der Waals surface area contributed by atoms with E-state index in [1.165, 1.54) is 6.92 Å². The van der Waals surface area contributed by atoms with Crippen LogP contribution >= 0.6 is 0 Å². The summed E-state index contributed by atoms with van der Waals surface area (Å²) >= 11 is 0. The van der Waals surface area contributed by atoms with Gasteiger partial charge in [0.1, 0.15) is 0 Å². The van der Waals surface area contributed by atoms with Gasteiger partial charge in [-0.3, -0.25) is 9.59 Å². The number of nitrogens with one attached hydrogen (secondary N) is 1. The molecule has 110 valence electrons. The first-order valence-electron chi connectivity index (χ1n) is 6.76. The Bertz CT molecular complexity index is 474. The standard InChI is InChI=1S/C15H23N3O2/c1-11(8-9-16)15(20)17-14-7-5-4-6-13(14)10-18(3)12(2)19/h4-7,11H,8-10,16H2,1-3H3,(H,17,20). The topological polar surface area (TPSA) is 75.4 Å². The van der Waals surface area contributed by atoms with Crippen molar-refractivity contribution < 1.29 is 9.59 Å². The molecule has 0 spiro atoms. The van der Waals surface area contributed by atoms with Gasteiger partial charge in [-0.15, -0.1) is 0 Å². The Morgan fingerprint density at radius 3 is 2.60 bits per heavy atom. The predicted molar refractivity (Wildman–Crippen MR) is 80.1 cm³/mol. The number of carbonyl (C=O) groups is 2. The Morgan fingerprint density at radius 2 is 2.00 bits per heavy atom. The van der Waals surface area contributed by atoms with E-state index < -0.39 is 0 Å². The lowest BCUT2D eigenvalue weighted by Gasteiger charge is -2.19. The van der Waals surface area contributed by atoms with Crippen LogP contribution in [0.3, 0.4) is 0 Å². The van der Waals surface area contributed by atoms with Crippen LogP contribution in [-0.2, 0) is 16.1 Å². The number of anilines is 1. The van der Waals surface area contributed by atoms with Crippen molar-refractivity contribution in [1.29, 1.82) is 0 Å². The monoisotopic (exact) mass is 277 g/mol. The first-order chi connectivity index (χ1) is 9.45. The van der Waals surface area contributed by atoms with Crippen LogP contribution in [-0.4, -0.2) is 30.3 Å². The molecule has 0 radical (unpaired) electrons. The SMILES string of the molecule is CC(=O)N(C)Cc1ccccc1NC(=O)C(C)CCN. The molecule has 1 aromatic carbocycles. The largest absolute Gasteiger partial charge is 0.342 e. The predicted octanol–water partition coefficient (Wildman–Crippen LogP) is 1.59. The van der Waals surface area contributed by atoms with Crippen molar-refractivity contribution in [3.8, 4) is 0 Å². The van der Waals surface area contributed by atoms with Crippen molar-refractivity contribution in [3.63, 3.8) is 0 Å². The summed E-state index contributed by atoms with van der Waals surface area (Å²) in [7, 11) is 1.73. The Kier molecular flexibility index (Phi) is 6.18. The highest BCUT2D eigenvalue weighted by molar-refractivity contribution is 5.93. The van der Waals surface area contributed by atoms with Crippen molar-refractivity contribution >= 4 is 17.5 Å². The highest BCUT2D eigenvalue weighted by Crippen LogP contribution is 2.18. The summed E-state index contributed by atoms with van der Waals surface area (Å²) in [6.45, 7) is 4.33. The zero-order valence-electron chi connectivity index (χ0n) is 12.3. The molecule has 2 amide bonds. The van der Waals surface area contributed by atoms with Gasteiger partial charge in [0.05, 0.1) is 0 Å². The molecule has 3 N–H and O–H groups in total. The third kappa shape index (κ3) is 4.66. The summed E-state index contributed by atoms with van der Waals surface area (Å²) < 4.78 is 0. The molecule has 1 aromatic rings. The van der Waals surface area contributed by atoms with Gasteiger partial charge in [-0.25, -0.2) is 0 Å². The zero-order chi connectivity index (χ0) is 15.1. The highest BCUT2D eigenvalue weighted by Gasteiger charge is 2.14. The second-order valence-corrected chi connectivity index (χ2v) is 5.00. The van der Waals surface area contributed by atoms with Gasteiger partial charge in [-0.1, -0.05) is 25.1 Å². The van der Waals surface area contributed by atoms with E-state index in [9.17, 15) is 9.59 Å². The molecule has 0 heterocycles. The van der Waals surface area contributed by atoms with E-state index in [1.54, 1.807) is 11.9 Å². The van der Waals surface area contributed by atoms with Crippen LogP contribution in [0.1, 0.15) is 25.8 Å². The maximum absolute atomic E-state index is 12.0. The van der Waals surface area contributed by atoms with Crippen molar-refractivity contribution in [2.24, 2.45) is 11.7 Å². The van der Waals surface area contributed by atoms with Gasteiger partial charge in [-0.2, -0.15) is 0 Å². The number of para-hydroxylation sites is 1. The average Bonchev–Trinajstić information content (AvgIpc) is 2.40. The van der Waals surface area contributed by atoms with Crippen molar-refractivity contribution in [2.75, 3.05) is 18.9 Å². The summed E-state index contributed by atoms with van der Waals surface area (Å²) in [6, 6.07) is 7.50. The van der Waals surface area contributed by atoms with E-state index >= 15 is 0 Å². The molecule has 0 fully saturated rings. The molecule has 1 rings (SSSR count). The van der Waals surface area contributed by atoms with Crippen LogP contribution in [0.15, 0.2) is 24.3 Å². The van der Waals surface area contributed by atoms with E-state index in [-0.39, 0.29) is 17.7 Å². The molecule has 20 heavy (non-hydrogen) atoms. The molecule has 0 aliphatic heterocycles. The molecular formula is C15H23N3O2. The minimum Gasteiger partial charge on any atom is -0.342 e. The molecule has 1 atom stereocenters. The molecule has 0 saturated heterocycles. The fourth-order valence-corrected chi connectivity index (χ4v) is 1.78. The minimum atomic E-state index is -0.126. The molecule has 5 nitrogen and oxygen atoms in total. The minimum absolute atomic E-state index is 0.0115. The Hall–Kier alpha value is -1.88. The van der Waals surface area contributed by atoms with Crippen LogP contribution in [0, 0.1) is 5.92 Å². The fraction of sp³-hybridized carbons (Fsp3) is 0.467. The molecule has 0 aliphatic carbocycles. The van der Waals surface area contributed by atoms with E-state index in [4.69, 9.17) is 5.73 Å². The van der Waals surface area contributed by atoms with Crippen LogP contribution in [0.5, 0.6) is 0 Å². The number of hydrogen-bond donors (Lipinski definition) is 2. The second kappa shape index (κ2) is 7.65. The van der Waals surface area contributed by atoms with E-state index in [0.717, 1.165) is 11.3 Å². The number of nitrogens with zero attached hydrogens (tertiary/aromatic N) is 1. The normalized spacial score (nSPS) is 11.8. The summed E-state index contributed by atoms with van der Waals surface area (Å²) in [5.74, 6) is -0.186. The Balaban J connectivity index is 2.80. The first kappa shape index (κ1) is 16.2. The number of nitrogens with two attached hydrogens (primary N) is 1. The van der Waals surface area contributed by atoms with E-state index in [0.29, 0.717) is 19.5 Å². The van der Waals surface area contributed by atoms with Gasteiger partial charge in [0, 0.05) is 32.1 Å². The molecule has 0 bridgehead atoms. The van der Waals surface area contributed by atoms with Gasteiger partial charge in [-0.05, 0) is 24.6 Å². The summed E-state index contributed by atoms with van der Waals surface area (Å²) in [5, 5.41) is 2.91. The molecule has 0 aromatic heterocycles. The lowest BCUT2D eigenvalue weighted by atomic mass is 10.1. The Labute approximate surface area is 120 Å². The second-order valence-electron chi connectivity index (χ2n) is 5.00. The lowest BCUT2D eigenvalue weighted by Crippen LogP contribution is -2.26. The number of rotatable bonds is 6. The number of benzene rings is 1. The van der Waals surface area contributed by atoms with E-state index in [2.05, 4.69) is 5.32 Å². The van der Waals surface area contributed by atoms with Crippen molar-refractivity contribution in [2.45, 2.75) is 26.8 Å². The quantitative estimate of drug-likeness (QED) is 0.829. The van der Waals surface area contributed by atoms with Crippen LogP contribution in [0.2, 0.25) is 0 Å². The van der Waals surface area contributed by atoms with Gasteiger partial charge in [0.2, 0.25) is 11.8 Å². The number of carbonyl (C=O) groups excluding carboxylic acids is 2. The first-order valence-corrected chi connectivity index (χ1v) is 6.76. The Morgan fingerprint density at radius 1 is 1.35 bits per heavy atom. The molecule has 1 unspecified atom stereocenters. The number of amides is 2. The highest BCUT2D eigenvalue weighted by atomic mass is 16.2. The summed E-state index contributed by atoms with van der Waals surface area (Å²) in [4.78, 5) is 24.9. The van der Waals surface area contributed by atoms with Crippen molar-refractivity contribution in [3.05, 3.63) is 29.8 Å². The van der Waals surface area contributed by atoms with Crippen LogP contribution in [0.25, 0.3) is 0 Å². The summed E-state index contributed by atoms with van der Waals surface area (Å²) in [6.07, 6.45) is 0.654. The van der Waals surface area contributed by atoms with E-state index in [1.807, 2.05) is 31.2 Å². The lowest BCUT2D eigenvalue weighted by molar-refractivity contribution is -0.128. The van der Waals surface area contributed by atoms with Crippen LogP contribution in [0.4, 0.5) is 5.69 Å². The maximum atomic E-state index is 12.0. The van der Waals surface area contributed by atoms with Crippen molar-refractivity contribution in [1.82, 2.24) is 4.90 Å². The third-order valence-corrected chi connectivity index (χ3v) is 3.27. The molecule has 0 aliphatic rings. The number of hydrogen-bond acceptors (Lipinski definition) is 3. The van der Waals surface area contributed by atoms with Gasteiger partial charge in [0.25, 0.3) is 0 Å². The average molecular weight is 277 g/mol. The smallest absolute Gasteiger partial charge is 0.227 e.